The van der Waals surface area contributed by atoms with Crippen LogP contribution in [0.3, 0.4) is 0 Å². The van der Waals surface area contributed by atoms with E-state index in [0.717, 1.165) is 11.0 Å². The Hall–Kier alpha value is -3.80. The minimum atomic E-state index is -0.436. The number of aromatic nitrogens is 4. The number of carbonyl (C=O) groups is 1. The van der Waals surface area contributed by atoms with E-state index in [-0.39, 0.29) is 0 Å². The summed E-state index contributed by atoms with van der Waals surface area (Å²) in [4.78, 5) is 26.1. The zero-order valence-electron chi connectivity index (χ0n) is 13.5. The van der Waals surface area contributed by atoms with Crippen LogP contribution in [0.15, 0.2) is 72.9 Å². The van der Waals surface area contributed by atoms with E-state index in [9.17, 15) is 4.79 Å². The maximum absolute atomic E-state index is 12.4. The predicted octanol–water partition coefficient (Wildman–Crippen LogP) is 3.65. The van der Waals surface area contributed by atoms with Gasteiger partial charge < -0.3 is 4.74 Å². The lowest BCUT2D eigenvalue weighted by atomic mass is 10.3. The van der Waals surface area contributed by atoms with Gasteiger partial charge in [-0.2, -0.15) is 0 Å². The highest BCUT2D eigenvalue weighted by molar-refractivity contribution is 5.92. The van der Waals surface area contributed by atoms with E-state index < -0.39 is 5.97 Å². The zero-order chi connectivity index (χ0) is 17.5. The monoisotopic (exact) mass is 340 g/mol. The number of benzene rings is 2. The SMILES string of the molecule is O=C(Oc1ccccc1)c1ccc2nc3nc4ccccc4nc3n2c1. The van der Waals surface area contributed by atoms with Gasteiger partial charge in [-0.25, -0.2) is 19.7 Å². The van der Waals surface area contributed by atoms with Gasteiger partial charge in [-0.1, -0.05) is 30.3 Å². The van der Waals surface area contributed by atoms with Crippen molar-refractivity contribution in [1.29, 1.82) is 0 Å². The molecular formula is C20H12N4O2. The Labute approximate surface area is 147 Å². The fraction of sp³-hybridized carbons (Fsp3) is 0. The standard InChI is InChI=1S/C20H12N4O2/c25-20(26-14-6-2-1-3-7-14)13-10-11-17-23-18-19(24(17)12-13)22-16-9-5-4-8-15(16)21-18/h1-12H. The van der Waals surface area contributed by atoms with Crippen LogP contribution in [0.5, 0.6) is 5.75 Å². The Kier molecular flexibility index (Phi) is 3.15. The van der Waals surface area contributed by atoms with E-state index in [1.807, 2.05) is 42.5 Å². The Bertz CT molecular complexity index is 1280. The van der Waals surface area contributed by atoms with Crippen LogP contribution in [-0.2, 0) is 0 Å². The van der Waals surface area contributed by atoms with Gasteiger partial charge in [-0.05, 0) is 36.4 Å². The molecule has 0 atom stereocenters. The molecule has 2 aromatic carbocycles. The molecule has 0 aliphatic heterocycles. The fourth-order valence-electron chi connectivity index (χ4n) is 2.86. The Morgan fingerprint density at radius 3 is 2.35 bits per heavy atom. The normalized spacial score (nSPS) is 11.2. The Morgan fingerprint density at radius 1 is 0.808 bits per heavy atom. The van der Waals surface area contributed by atoms with Crippen molar-refractivity contribution in [3.8, 4) is 5.75 Å². The quantitative estimate of drug-likeness (QED) is 0.362. The van der Waals surface area contributed by atoms with Crippen LogP contribution in [0, 0.1) is 0 Å². The van der Waals surface area contributed by atoms with Crippen molar-refractivity contribution in [2.75, 3.05) is 0 Å². The first-order valence-corrected chi connectivity index (χ1v) is 8.10. The van der Waals surface area contributed by atoms with Gasteiger partial charge in [0.25, 0.3) is 0 Å². The van der Waals surface area contributed by atoms with Crippen LogP contribution < -0.4 is 4.74 Å². The number of hydrogen-bond donors (Lipinski definition) is 0. The summed E-state index contributed by atoms with van der Waals surface area (Å²) in [6.07, 6.45) is 1.68. The zero-order valence-corrected chi connectivity index (χ0v) is 13.5. The van der Waals surface area contributed by atoms with Crippen molar-refractivity contribution >= 4 is 33.9 Å². The van der Waals surface area contributed by atoms with Crippen molar-refractivity contribution in [3.05, 3.63) is 78.5 Å². The van der Waals surface area contributed by atoms with E-state index >= 15 is 0 Å². The number of ether oxygens (including phenoxy) is 1. The molecule has 0 saturated heterocycles. The molecule has 124 valence electrons. The molecule has 0 unspecified atom stereocenters. The first-order chi connectivity index (χ1) is 12.8. The van der Waals surface area contributed by atoms with Crippen LogP contribution in [0.2, 0.25) is 0 Å². The predicted molar refractivity (Wildman–Crippen MR) is 97.2 cm³/mol. The molecule has 0 aliphatic rings. The minimum absolute atomic E-state index is 0.413. The highest BCUT2D eigenvalue weighted by atomic mass is 16.5. The van der Waals surface area contributed by atoms with E-state index in [4.69, 9.17) is 4.74 Å². The molecule has 3 heterocycles. The summed E-state index contributed by atoms with van der Waals surface area (Å²) < 4.78 is 7.16. The molecule has 5 rings (SSSR count). The molecule has 0 fully saturated rings. The van der Waals surface area contributed by atoms with Crippen molar-refractivity contribution < 1.29 is 9.53 Å². The smallest absolute Gasteiger partial charge is 0.345 e. The molecule has 6 nitrogen and oxygen atoms in total. The Balaban J connectivity index is 1.62. The molecule has 0 spiro atoms. The van der Waals surface area contributed by atoms with Crippen LogP contribution in [-0.4, -0.2) is 25.3 Å². The van der Waals surface area contributed by atoms with Crippen LogP contribution in [0.1, 0.15) is 10.4 Å². The third-order valence-corrected chi connectivity index (χ3v) is 4.10. The van der Waals surface area contributed by atoms with Gasteiger partial charge in [0.05, 0.1) is 16.6 Å². The molecule has 0 radical (unpaired) electrons. The molecule has 3 aromatic heterocycles. The topological polar surface area (TPSA) is 69.4 Å². The van der Waals surface area contributed by atoms with Gasteiger partial charge in [-0.3, -0.25) is 4.40 Å². The number of carbonyl (C=O) groups excluding carboxylic acids is 1. The van der Waals surface area contributed by atoms with Crippen LogP contribution in [0.4, 0.5) is 0 Å². The third-order valence-electron chi connectivity index (χ3n) is 4.10. The number of fused-ring (bicyclic) bond motifs is 4. The summed E-state index contributed by atoms with van der Waals surface area (Å²) in [5.41, 5.74) is 3.79. The van der Waals surface area contributed by atoms with Crippen molar-refractivity contribution in [2.45, 2.75) is 0 Å². The van der Waals surface area contributed by atoms with Crippen molar-refractivity contribution in [3.63, 3.8) is 0 Å². The summed E-state index contributed by atoms with van der Waals surface area (Å²) in [7, 11) is 0. The molecule has 0 N–H and O–H groups in total. The van der Waals surface area contributed by atoms with Gasteiger partial charge >= 0.3 is 5.97 Å². The first kappa shape index (κ1) is 14.5. The van der Waals surface area contributed by atoms with E-state index in [1.54, 1.807) is 34.9 Å². The van der Waals surface area contributed by atoms with Crippen molar-refractivity contribution in [1.82, 2.24) is 19.4 Å². The molecule has 0 amide bonds. The van der Waals surface area contributed by atoms with Gasteiger partial charge in [-0.15, -0.1) is 0 Å². The van der Waals surface area contributed by atoms with Crippen LogP contribution >= 0.6 is 0 Å². The van der Waals surface area contributed by atoms with E-state index in [2.05, 4.69) is 15.0 Å². The molecule has 0 bridgehead atoms. The molecular weight excluding hydrogens is 328 g/mol. The Morgan fingerprint density at radius 2 is 1.54 bits per heavy atom. The summed E-state index contributed by atoms with van der Waals surface area (Å²) in [6.45, 7) is 0. The fourth-order valence-corrected chi connectivity index (χ4v) is 2.86. The average Bonchev–Trinajstić information content (AvgIpc) is 3.03. The molecule has 5 aromatic rings. The van der Waals surface area contributed by atoms with Gasteiger partial charge in [0.1, 0.15) is 11.4 Å². The van der Waals surface area contributed by atoms with E-state index in [0.29, 0.717) is 28.3 Å². The first-order valence-electron chi connectivity index (χ1n) is 8.10. The lowest BCUT2D eigenvalue weighted by molar-refractivity contribution is 0.0734. The summed E-state index contributed by atoms with van der Waals surface area (Å²) in [6, 6.07) is 20.0. The van der Waals surface area contributed by atoms with Gasteiger partial charge in [0, 0.05) is 6.20 Å². The summed E-state index contributed by atoms with van der Waals surface area (Å²) >= 11 is 0. The molecule has 0 aliphatic carbocycles. The summed E-state index contributed by atoms with van der Waals surface area (Å²) in [5, 5.41) is 0. The van der Waals surface area contributed by atoms with E-state index in [1.165, 1.54) is 0 Å². The highest BCUT2D eigenvalue weighted by Crippen LogP contribution is 2.19. The van der Waals surface area contributed by atoms with Gasteiger partial charge in [0.2, 0.25) is 0 Å². The second kappa shape index (κ2) is 5.63. The van der Waals surface area contributed by atoms with Crippen molar-refractivity contribution in [2.24, 2.45) is 0 Å². The number of imidazole rings is 1. The number of para-hydroxylation sites is 3. The molecule has 6 heteroatoms. The summed E-state index contributed by atoms with van der Waals surface area (Å²) in [5.74, 6) is 0.0626. The number of nitrogens with zero attached hydrogens (tertiary/aromatic N) is 4. The number of esters is 1. The number of hydrogen-bond acceptors (Lipinski definition) is 5. The number of pyridine rings is 1. The maximum Gasteiger partial charge on any atom is 0.345 e. The van der Waals surface area contributed by atoms with Crippen LogP contribution in [0.25, 0.3) is 28.0 Å². The minimum Gasteiger partial charge on any atom is -0.423 e. The second-order valence-electron chi connectivity index (χ2n) is 5.82. The number of rotatable bonds is 2. The lowest BCUT2D eigenvalue weighted by Gasteiger charge is -2.04. The average molecular weight is 340 g/mol. The second-order valence-corrected chi connectivity index (χ2v) is 5.82. The lowest BCUT2D eigenvalue weighted by Crippen LogP contribution is -2.09. The maximum atomic E-state index is 12.4. The third kappa shape index (κ3) is 2.36. The molecule has 0 saturated carbocycles. The van der Waals surface area contributed by atoms with Gasteiger partial charge in [0.15, 0.2) is 11.3 Å². The highest BCUT2D eigenvalue weighted by Gasteiger charge is 2.13. The largest absolute Gasteiger partial charge is 0.423 e. The molecule has 26 heavy (non-hydrogen) atoms.